The third kappa shape index (κ3) is 3.84. The van der Waals surface area contributed by atoms with E-state index < -0.39 is 0 Å². The fourth-order valence-corrected chi connectivity index (χ4v) is 3.93. The van der Waals surface area contributed by atoms with Gasteiger partial charge in [0.05, 0.1) is 23.7 Å². The molecular formula is C22H21ClN4O2. The number of hydrogen-bond acceptors (Lipinski definition) is 5. The predicted octanol–water partition coefficient (Wildman–Crippen LogP) is 3.23. The van der Waals surface area contributed by atoms with Crippen LogP contribution >= 0.6 is 11.6 Å². The zero-order valence-corrected chi connectivity index (χ0v) is 16.8. The van der Waals surface area contributed by atoms with Crippen molar-refractivity contribution in [3.63, 3.8) is 0 Å². The van der Waals surface area contributed by atoms with Gasteiger partial charge >= 0.3 is 0 Å². The first-order valence-electron chi connectivity index (χ1n) is 9.55. The molecule has 0 radical (unpaired) electrons. The van der Waals surface area contributed by atoms with Gasteiger partial charge in [-0.05, 0) is 54.5 Å². The molecule has 0 spiro atoms. The number of pyridine rings is 2. The van der Waals surface area contributed by atoms with Gasteiger partial charge in [-0.1, -0.05) is 17.7 Å². The first kappa shape index (κ1) is 19.4. The standard InChI is InChI=1S/C22H21ClN4O2/c1-27-20-5-2-13(8-15-6-7-25-22(23)17(15)11-24)9-16(20)18(10-21(27)29)26-19(12-28)14-3-4-14/h2,5-7,9-10,14,19,26,28H,3-4,8,12H2,1H3/t19-/m1/s1. The van der Waals surface area contributed by atoms with Crippen LogP contribution in [0.5, 0.6) is 0 Å². The molecule has 1 saturated carbocycles. The van der Waals surface area contributed by atoms with Crippen molar-refractivity contribution in [3.8, 4) is 6.07 Å². The Bertz CT molecular complexity index is 1180. The van der Waals surface area contributed by atoms with Crippen LogP contribution in [0.15, 0.2) is 41.3 Å². The zero-order chi connectivity index (χ0) is 20.5. The molecule has 0 bridgehead atoms. The van der Waals surface area contributed by atoms with Crippen molar-refractivity contribution < 1.29 is 5.11 Å². The highest BCUT2D eigenvalue weighted by Gasteiger charge is 2.31. The van der Waals surface area contributed by atoms with E-state index in [-0.39, 0.29) is 23.4 Å². The molecule has 1 atom stereocenters. The van der Waals surface area contributed by atoms with Gasteiger partial charge < -0.3 is 15.0 Å². The van der Waals surface area contributed by atoms with Gasteiger partial charge in [-0.25, -0.2) is 4.98 Å². The fraction of sp³-hybridized carbons (Fsp3) is 0.318. The minimum absolute atomic E-state index is 0.0299. The molecule has 3 aromatic rings. The van der Waals surface area contributed by atoms with E-state index in [1.54, 1.807) is 29.9 Å². The molecule has 2 heterocycles. The summed E-state index contributed by atoms with van der Waals surface area (Å²) in [5.41, 5.74) is 3.60. The average Bonchev–Trinajstić information content (AvgIpc) is 3.55. The number of hydrogen-bond donors (Lipinski definition) is 2. The number of aromatic nitrogens is 2. The number of nitrogens with one attached hydrogen (secondary N) is 1. The van der Waals surface area contributed by atoms with E-state index in [0.717, 1.165) is 40.6 Å². The van der Waals surface area contributed by atoms with Crippen molar-refractivity contribution in [2.75, 3.05) is 11.9 Å². The molecule has 6 nitrogen and oxygen atoms in total. The van der Waals surface area contributed by atoms with Crippen molar-refractivity contribution in [2.45, 2.75) is 25.3 Å². The summed E-state index contributed by atoms with van der Waals surface area (Å²) in [5.74, 6) is 0.444. The summed E-state index contributed by atoms with van der Waals surface area (Å²) >= 11 is 6.06. The maximum absolute atomic E-state index is 12.4. The van der Waals surface area contributed by atoms with Crippen LogP contribution in [0.4, 0.5) is 5.69 Å². The smallest absolute Gasteiger partial charge is 0.252 e. The van der Waals surface area contributed by atoms with Gasteiger partial charge in [0.25, 0.3) is 5.56 Å². The second kappa shape index (κ2) is 7.86. The largest absolute Gasteiger partial charge is 0.394 e. The van der Waals surface area contributed by atoms with Crippen LogP contribution in [-0.4, -0.2) is 27.3 Å². The number of halogens is 1. The van der Waals surface area contributed by atoms with Crippen LogP contribution in [0.3, 0.4) is 0 Å². The molecule has 1 aliphatic carbocycles. The number of anilines is 1. The first-order chi connectivity index (χ1) is 14.0. The topological polar surface area (TPSA) is 90.9 Å². The highest BCUT2D eigenvalue weighted by molar-refractivity contribution is 6.30. The van der Waals surface area contributed by atoms with Crippen molar-refractivity contribution in [1.82, 2.24) is 9.55 Å². The van der Waals surface area contributed by atoms with E-state index in [1.807, 2.05) is 18.2 Å². The molecule has 148 valence electrons. The van der Waals surface area contributed by atoms with Gasteiger partial charge in [-0.3, -0.25) is 4.79 Å². The van der Waals surface area contributed by atoms with Crippen LogP contribution < -0.4 is 10.9 Å². The molecule has 0 amide bonds. The quantitative estimate of drug-likeness (QED) is 0.611. The Kier molecular flexibility index (Phi) is 5.27. The normalized spacial score (nSPS) is 14.6. The van der Waals surface area contributed by atoms with Crippen molar-refractivity contribution >= 4 is 28.2 Å². The van der Waals surface area contributed by atoms with Crippen LogP contribution in [-0.2, 0) is 13.5 Å². The number of rotatable bonds is 6. The summed E-state index contributed by atoms with van der Waals surface area (Å²) in [6.07, 6.45) is 4.30. The van der Waals surface area contributed by atoms with Crippen molar-refractivity contribution in [1.29, 1.82) is 5.26 Å². The number of aliphatic hydroxyl groups excluding tert-OH is 1. The summed E-state index contributed by atoms with van der Waals surface area (Å²) in [7, 11) is 1.75. The molecule has 0 saturated heterocycles. The maximum Gasteiger partial charge on any atom is 0.252 e. The lowest BCUT2D eigenvalue weighted by molar-refractivity contribution is 0.263. The van der Waals surface area contributed by atoms with Gasteiger partial charge in [0.1, 0.15) is 11.2 Å². The van der Waals surface area contributed by atoms with Crippen LogP contribution in [0.1, 0.15) is 29.5 Å². The van der Waals surface area contributed by atoms with Crippen LogP contribution in [0.2, 0.25) is 5.15 Å². The van der Waals surface area contributed by atoms with E-state index in [2.05, 4.69) is 16.4 Å². The number of aliphatic hydroxyl groups is 1. The summed E-state index contributed by atoms with van der Waals surface area (Å²) < 4.78 is 1.61. The van der Waals surface area contributed by atoms with E-state index in [9.17, 15) is 15.2 Å². The van der Waals surface area contributed by atoms with E-state index in [4.69, 9.17) is 11.6 Å². The second-order valence-corrected chi connectivity index (χ2v) is 7.86. The molecule has 2 aromatic heterocycles. The third-order valence-electron chi connectivity index (χ3n) is 5.54. The minimum Gasteiger partial charge on any atom is -0.394 e. The Labute approximate surface area is 173 Å². The lowest BCUT2D eigenvalue weighted by Crippen LogP contribution is -2.27. The molecule has 4 rings (SSSR count). The molecule has 7 heteroatoms. The lowest BCUT2D eigenvalue weighted by atomic mass is 10.00. The average molecular weight is 409 g/mol. The van der Waals surface area contributed by atoms with E-state index in [0.29, 0.717) is 17.9 Å². The van der Waals surface area contributed by atoms with E-state index in [1.165, 1.54) is 0 Å². The molecule has 29 heavy (non-hydrogen) atoms. The third-order valence-corrected chi connectivity index (χ3v) is 5.82. The zero-order valence-electron chi connectivity index (χ0n) is 16.0. The summed E-state index contributed by atoms with van der Waals surface area (Å²) in [6.45, 7) is 0.0299. The highest BCUT2D eigenvalue weighted by atomic mass is 35.5. The van der Waals surface area contributed by atoms with Gasteiger partial charge in [0.2, 0.25) is 0 Å². The highest BCUT2D eigenvalue weighted by Crippen LogP contribution is 2.35. The molecule has 0 aliphatic heterocycles. The van der Waals surface area contributed by atoms with Crippen molar-refractivity contribution in [2.24, 2.45) is 13.0 Å². The minimum atomic E-state index is -0.104. The van der Waals surface area contributed by atoms with Gasteiger partial charge in [-0.2, -0.15) is 5.26 Å². The summed E-state index contributed by atoms with van der Waals surface area (Å²) in [4.78, 5) is 16.4. The van der Waals surface area contributed by atoms with Crippen molar-refractivity contribution in [3.05, 3.63) is 68.7 Å². The molecule has 1 aromatic carbocycles. The molecular weight excluding hydrogens is 388 g/mol. The molecule has 2 N–H and O–H groups in total. The summed E-state index contributed by atoms with van der Waals surface area (Å²) in [6, 6.07) is 11.3. The van der Waals surface area contributed by atoms with Crippen LogP contribution in [0.25, 0.3) is 10.9 Å². The van der Waals surface area contributed by atoms with Gasteiger partial charge in [0.15, 0.2) is 0 Å². The second-order valence-electron chi connectivity index (χ2n) is 7.50. The number of nitrogens with zero attached hydrogens (tertiary/aromatic N) is 3. The number of aryl methyl sites for hydroxylation is 1. The van der Waals surface area contributed by atoms with Gasteiger partial charge in [0, 0.05) is 30.4 Å². The predicted molar refractivity (Wildman–Crippen MR) is 113 cm³/mol. The lowest BCUT2D eigenvalue weighted by Gasteiger charge is -2.19. The fourth-order valence-electron chi connectivity index (χ4n) is 3.71. The Morgan fingerprint density at radius 1 is 1.38 bits per heavy atom. The monoisotopic (exact) mass is 408 g/mol. The number of benzene rings is 1. The molecule has 1 aliphatic rings. The first-order valence-corrected chi connectivity index (χ1v) is 9.93. The van der Waals surface area contributed by atoms with Gasteiger partial charge in [-0.15, -0.1) is 0 Å². The SMILES string of the molecule is Cn1c(=O)cc(N[C@H](CO)C2CC2)c2cc(Cc3ccnc(Cl)c3C#N)ccc21. The maximum atomic E-state index is 12.4. The number of nitriles is 1. The van der Waals surface area contributed by atoms with E-state index >= 15 is 0 Å². The van der Waals surface area contributed by atoms with Crippen LogP contribution in [0, 0.1) is 17.2 Å². The Morgan fingerprint density at radius 3 is 2.86 bits per heavy atom. The Balaban J connectivity index is 1.77. The Morgan fingerprint density at radius 2 is 2.17 bits per heavy atom. The summed E-state index contributed by atoms with van der Waals surface area (Å²) in [5, 5.41) is 23.6. The number of fused-ring (bicyclic) bond motifs is 1. The molecule has 1 fully saturated rings. The Hall–Kier alpha value is -2.88. The molecule has 0 unspecified atom stereocenters.